The molecule has 0 aliphatic rings. The lowest BCUT2D eigenvalue weighted by Crippen LogP contribution is -2.15. The molecule has 0 radical (unpaired) electrons. The number of halogens is 2. The highest BCUT2D eigenvalue weighted by Gasteiger charge is 2.18. The van der Waals surface area contributed by atoms with Gasteiger partial charge in [-0.1, -0.05) is 33.6 Å². The summed E-state index contributed by atoms with van der Waals surface area (Å²) in [6.07, 6.45) is 0. The molecule has 0 heterocycles. The van der Waals surface area contributed by atoms with Crippen LogP contribution in [0.1, 0.15) is 19.4 Å². The first kappa shape index (κ1) is 10.0. The quantitative estimate of drug-likeness (QED) is 0.809. The Labute approximate surface area is 85.5 Å². The third kappa shape index (κ3) is 2.22. The van der Waals surface area contributed by atoms with E-state index in [1.807, 2.05) is 12.1 Å². The second kappa shape index (κ2) is 3.36. The molecule has 0 fully saturated rings. The van der Waals surface area contributed by atoms with E-state index in [1.54, 1.807) is 19.9 Å². The highest BCUT2D eigenvalue weighted by Crippen LogP contribution is 2.29. The molecule has 0 aliphatic heterocycles. The van der Waals surface area contributed by atoms with Crippen molar-refractivity contribution in [2.24, 2.45) is 0 Å². The van der Waals surface area contributed by atoms with Gasteiger partial charge in [0.2, 0.25) is 0 Å². The number of hydrogen-bond donors (Lipinski definition) is 1. The zero-order chi connectivity index (χ0) is 9.35. The molecule has 1 aromatic rings. The Hall–Kier alpha value is -0.0500. The van der Waals surface area contributed by atoms with Gasteiger partial charge in [0, 0.05) is 15.1 Å². The van der Waals surface area contributed by atoms with Gasteiger partial charge in [0.15, 0.2) is 0 Å². The van der Waals surface area contributed by atoms with Gasteiger partial charge in [-0.15, -0.1) is 0 Å². The first-order valence-corrected chi connectivity index (χ1v) is 4.76. The van der Waals surface area contributed by atoms with Crippen LogP contribution in [0.2, 0.25) is 5.02 Å². The van der Waals surface area contributed by atoms with Crippen LogP contribution in [0.5, 0.6) is 0 Å². The third-order valence-electron chi connectivity index (χ3n) is 1.59. The summed E-state index contributed by atoms with van der Waals surface area (Å²) in [6.45, 7) is 3.42. The lowest BCUT2D eigenvalue weighted by molar-refractivity contribution is 0.0787. The van der Waals surface area contributed by atoms with Crippen LogP contribution < -0.4 is 0 Å². The first-order chi connectivity index (χ1) is 5.41. The summed E-state index contributed by atoms with van der Waals surface area (Å²) >= 11 is 9.22. The lowest BCUT2D eigenvalue weighted by atomic mass is 9.99. The molecular formula is C9H10BrClO. The number of aliphatic hydroxyl groups is 1. The van der Waals surface area contributed by atoms with Gasteiger partial charge in [0.1, 0.15) is 0 Å². The fourth-order valence-electron chi connectivity index (χ4n) is 0.986. The molecule has 1 aromatic carbocycles. The van der Waals surface area contributed by atoms with Crippen molar-refractivity contribution in [1.29, 1.82) is 0 Å². The molecule has 12 heavy (non-hydrogen) atoms. The highest BCUT2D eigenvalue weighted by molar-refractivity contribution is 9.10. The van der Waals surface area contributed by atoms with Crippen molar-refractivity contribution < 1.29 is 5.11 Å². The van der Waals surface area contributed by atoms with Crippen molar-refractivity contribution >= 4 is 27.5 Å². The van der Waals surface area contributed by atoms with Gasteiger partial charge in [-0.05, 0) is 26.0 Å². The topological polar surface area (TPSA) is 20.2 Å². The summed E-state index contributed by atoms with van der Waals surface area (Å²) < 4.78 is 0.917. The minimum absolute atomic E-state index is 0.580. The molecular weight excluding hydrogens is 239 g/mol. The molecule has 0 amide bonds. The van der Waals surface area contributed by atoms with Crippen molar-refractivity contribution in [1.82, 2.24) is 0 Å². The molecule has 0 atom stereocenters. The number of benzene rings is 1. The van der Waals surface area contributed by atoms with E-state index in [0.29, 0.717) is 5.02 Å². The average molecular weight is 250 g/mol. The van der Waals surface area contributed by atoms with E-state index in [-0.39, 0.29) is 0 Å². The van der Waals surface area contributed by atoms with E-state index in [0.717, 1.165) is 10.0 Å². The second-order valence-corrected chi connectivity index (χ2v) is 4.51. The summed E-state index contributed by atoms with van der Waals surface area (Å²) in [5.74, 6) is 0. The van der Waals surface area contributed by atoms with E-state index in [4.69, 9.17) is 11.6 Å². The predicted molar refractivity (Wildman–Crippen MR) is 54.4 cm³/mol. The minimum atomic E-state index is -0.877. The summed E-state index contributed by atoms with van der Waals surface area (Å²) in [5, 5.41) is 10.2. The van der Waals surface area contributed by atoms with E-state index >= 15 is 0 Å². The first-order valence-electron chi connectivity index (χ1n) is 3.59. The Balaban J connectivity index is 3.19. The normalized spacial score (nSPS) is 11.8. The Bertz CT molecular complexity index is 291. The van der Waals surface area contributed by atoms with Crippen molar-refractivity contribution in [2.45, 2.75) is 19.4 Å². The fraction of sp³-hybridized carbons (Fsp3) is 0.333. The molecule has 0 aromatic heterocycles. The number of rotatable bonds is 1. The molecule has 1 nitrogen and oxygen atoms in total. The minimum Gasteiger partial charge on any atom is -0.386 e. The smallest absolute Gasteiger partial charge is 0.0854 e. The van der Waals surface area contributed by atoms with Gasteiger partial charge in [-0.3, -0.25) is 0 Å². The van der Waals surface area contributed by atoms with Crippen LogP contribution in [0.3, 0.4) is 0 Å². The Morgan fingerprint density at radius 1 is 1.42 bits per heavy atom. The van der Waals surface area contributed by atoms with E-state index in [1.165, 1.54) is 0 Å². The number of hydrogen-bond acceptors (Lipinski definition) is 1. The average Bonchev–Trinajstić information content (AvgIpc) is 1.83. The summed E-state index contributed by atoms with van der Waals surface area (Å²) in [6, 6.07) is 5.44. The Morgan fingerprint density at radius 2 is 2.00 bits per heavy atom. The third-order valence-corrected chi connectivity index (χ3v) is 2.40. The zero-order valence-corrected chi connectivity index (χ0v) is 9.28. The molecule has 0 saturated carbocycles. The van der Waals surface area contributed by atoms with E-state index in [2.05, 4.69) is 15.9 Å². The van der Waals surface area contributed by atoms with Crippen molar-refractivity contribution in [3.8, 4) is 0 Å². The SMILES string of the molecule is CC(C)(O)c1ccc(Br)cc1Cl. The fourth-order valence-corrected chi connectivity index (χ4v) is 1.89. The molecule has 0 unspecified atom stereocenters. The van der Waals surface area contributed by atoms with Gasteiger partial charge in [0.05, 0.1) is 5.60 Å². The van der Waals surface area contributed by atoms with E-state index in [9.17, 15) is 5.11 Å². The largest absolute Gasteiger partial charge is 0.386 e. The maximum atomic E-state index is 9.66. The van der Waals surface area contributed by atoms with Gasteiger partial charge >= 0.3 is 0 Å². The van der Waals surface area contributed by atoms with Crippen LogP contribution >= 0.6 is 27.5 Å². The van der Waals surface area contributed by atoms with Gasteiger partial charge < -0.3 is 5.11 Å². The van der Waals surface area contributed by atoms with Crippen LogP contribution in [0, 0.1) is 0 Å². The Kier molecular flexibility index (Phi) is 2.81. The molecule has 1 N–H and O–H groups in total. The van der Waals surface area contributed by atoms with Crippen LogP contribution in [0.25, 0.3) is 0 Å². The second-order valence-electron chi connectivity index (χ2n) is 3.18. The van der Waals surface area contributed by atoms with Gasteiger partial charge in [0.25, 0.3) is 0 Å². The molecule has 66 valence electrons. The molecule has 3 heteroatoms. The van der Waals surface area contributed by atoms with E-state index < -0.39 is 5.60 Å². The standard InChI is InChI=1S/C9H10BrClO/c1-9(2,12)7-4-3-6(10)5-8(7)11/h3-5,12H,1-2H3. The molecule has 0 spiro atoms. The summed E-state index contributed by atoms with van der Waals surface area (Å²) in [7, 11) is 0. The van der Waals surface area contributed by atoms with Crippen LogP contribution in [0.15, 0.2) is 22.7 Å². The van der Waals surface area contributed by atoms with Gasteiger partial charge in [-0.2, -0.15) is 0 Å². The highest BCUT2D eigenvalue weighted by atomic mass is 79.9. The Morgan fingerprint density at radius 3 is 2.42 bits per heavy atom. The van der Waals surface area contributed by atoms with Crippen molar-refractivity contribution in [3.63, 3.8) is 0 Å². The monoisotopic (exact) mass is 248 g/mol. The summed E-state index contributed by atoms with van der Waals surface area (Å²) in [4.78, 5) is 0. The van der Waals surface area contributed by atoms with Gasteiger partial charge in [-0.25, -0.2) is 0 Å². The molecule has 0 aliphatic carbocycles. The van der Waals surface area contributed by atoms with Crippen molar-refractivity contribution in [2.75, 3.05) is 0 Å². The molecule has 0 saturated heterocycles. The van der Waals surface area contributed by atoms with Crippen LogP contribution in [-0.2, 0) is 5.60 Å². The predicted octanol–water partition coefficient (Wildman–Crippen LogP) is 3.33. The summed E-state index contributed by atoms with van der Waals surface area (Å²) in [5.41, 5.74) is -0.134. The lowest BCUT2D eigenvalue weighted by Gasteiger charge is -2.19. The maximum absolute atomic E-state index is 9.66. The maximum Gasteiger partial charge on any atom is 0.0854 e. The molecule has 1 rings (SSSR count). The zero-order valence-electron chi connectivity index (χ0n) is 6.94. The molecule has 0 bridgehead atoms. The van der Waals surface area contributed by atoms with Crippen LogP contribution in [-0.4, -0.2) is 5.11 Å². The van der Waals surface area contributed by atoms with Crippen molar-refractivity contribution in [3.05, 3.63) is 33.3 Å². The van der Waals surface area contributed by atoms with Crippen LogP contribution in [0.4, 0.5) is 0 Å².